The minimum absolute atomic E-state index is 0.124. The Morgan fingerprint density at radius 2 is 1.50 bits per heavy atom. The van der Waals surface area contributed by atoms with Crippen molar-refractivity contribution in [2.75, 3.05) is 35.4 Å². The molecule has 0 saturated heterocycles. The molecule has 0 aliphatic carbocycles. The molecule has 0 fully saturated rings. The van der Waals surface area contributed by atoms with Crippen LogP contribution in [0.15, 0.2) is 41.3 Å². The third-order valence-corrected chi connectivity index (χ3v) is 5.90. The normalized spacial score (nSPS) is 11.2. The minimum Gasteiger partial charge on any atom is -0.493 e. The van der Waals surface area contributed by atoms with E-state index >= 15 is 0 Å². The van der Waals surface area contributed by atoms with Crippen molar-refractivity contribution in [3.05, 3.63) is 47.5 Å². The molecule has 0 saturated carbocycles. The Balaban J connectivity index is 2.14. The smallest absolute Gasteiger partial charge is 0.251 e. The van der Waals surface area contributed by atoms with Crippen LogP contribution in [0.2, 0.25) is 0 Å². The molecular weight excluding hydrogens is 384 g/mol. The van der Waals surface area contributed by atoms with E-state index in [9.17, 15) is 13.2 Å². The molecule has 0 heterocycles. The van der Waals surface area contributed by atoms with Crippen LogP contribution in [0, 0.1) is 0 Å². The molecule has 0 spiro atoms. The third kappa shape index (κ3) is 4.55. The second-order valence-electron chi connectivity index (χ2n) is 6.03. The number of carbonyl (C=O) groups is 1. The first kappa shape index (κ1) is 21.5. The van der Waals surface area contributed by atoms with Gasteiger partial charge in [0.25, 0.3) is 5.91 Å². The zero-order valence-electron chi connectivity index (χ0n) is 16.5. The molecule has 1 N–H and O–H groups in total. The van der Waals surface area contributed by atoms with Gasteiger partial charge in [-0.25, -0.2) is 12.7 Å². The van der Waals surface area contributed by atoms with Crippen molar-refractivity contribution < 1.29 is 27.4 Å². The topological polar surface area (TPSA) is 94.2 Å². The fraction of sp³-hybridized carbons (Fsp3) is 0.316. The molecular formula is C19H24N2O6S. The molecule has 0 radical (unpaired) electrons. The highest BCUT2D eigenvalue weighted by atomic mass is 32.2. The van der Waals surface area contributed by atoms with Gasteiger partial charge in [0.1, 0.15) is 0 Å². The van der Waals surface area contributed by atoms with Crippen LogP contribution in [-0.4, -0.2) is 54.1 Å². The molecule has 9 heteroatoms. The number of rotatable bonds is 8. The number of amides is 1. The van der Waals surface area contributed by atoms with Gasteiger partial charge in [0.15, 0.2) is 11.5 Å². The lowest BCUT2D eigenvalue weighted by molar-refractivity contribution is 0.0950. The van der Waals surface area contributed by atoms with Gasteiger partial charge in [-0.05, 0) is 42.0 Å². The second-order valence-corrected chi connectivity index (χ2v) is 8.18. The Hall–Kier alpha value is -2.78. The van der Waals surface area contributed by atoms with Gasteiger partial charge in [-0.1, -0.05) is 0 Å². The fourth-order valence-electron chi connectivity index (χ4n) is 2.51. The Kier molecular flexibility index (Phi) is 6.87. The quantitative estimate of drug-likeness (QED) is 0.717. The zero-order valence-corrected chi connectivity index (χ0v) is 17.3. The summed E-state index contributed by atoms with van der Waals surface area (Å²) in [6.45, 7) is 0.229. The lowest BCUT2D eigenvalue weighted by atomic mass is 10.1. The Labute approximate surface area is 165 Å². The average Bonchev–Trinajstić information content (AvgIpc) is 2.70. The van der Waals surface area contributed by atoms with Crippen LogP contribution >= 0.6 is 0 Å². The molecule has 1 amide bonds. The van der Waals surface area contributed by atoms with Crippen LogP contribution in [0.4, 0.5) is 0 Å². The molecule has 28 heavy (non-hydrogen) atoms. The maximum atomic E-state index is 12.4. The summed E-state index contributed by atoms with van der Waals surface area (Å²) in [5.41, 5.74) is 1.11. The summed E-state index contributed by atoms with van der Waals surface area (Å²) in [7, 11) is 3.92. The molecule has 2 rings (SSSR count). The van der Waals surface area contributed by atoms with E-state index < -0.39 is 10.0 Å². The summed E-state index contributed by atoms with van der Waals surface area (Å²) in [5, 5.41) is 2.79. The van der Waals surface area contributed by atoms with E-state index in [-0.39, 0.29) is 17.3 Å². The first-order chi connectivity index (χ1) is 13.2. The largest absolute Gasteiger partial charge is 0.493 e. The van der Waals surface area contributed by atoms with Crippen molar-refractivity contribution >= 4 is 15.9 Å². The van der Waals surface area contributed by atoms with E-state index in [0.29, 0.717) is 22.8 Å². The van der Waals surface area contributed by atoms with Crippen LogP contribution in [0.25, 0.3) is 0 Å². The summed E-state index contributed by atoms with van der Waals surface area (Å²) in [6.07, 6.45) is 0. The molecule has 2 aromatic carbocycles. The monoisotopic (exact) mass is 408 g/mol. The number of nitrogens with one attached hydrogen (secondary N) is 1. The number of ether oxygens (including phenoxy) is 3. The van der Waals surface area contributed by atoms with Crippen molar-refractivity contribution in [2.24, 2.45) is 0 Å². The van der Waals surface area contributed by atoms with Gasteiger partial charge in [-0.15, -0.1) is 0 Å². The molecule has 0 bridgehead atoms. The average molecular weight is 408 g/mol. The summed E-state index contributed by atoms with van der Waals surface area (Å²) < 4.78 is 41.2. The highest BCUT2D eigenvalue weighted by Gasteiger charge is 2.18. The van der Waals surface area contributed by atoms with Gasteiger partial charge in [-0.3, -0.25) is 4.79 Å². The number of hydrogen-bond acceptors (Lipinski definition) is 6. The number of carbonyl (C=O) groups excluding carboxylic acids is 1. The fourth-order valence-corrected chi connectivity index (χ4v) is 3.41. The van der Waals surface area contributed by atoms with Gasteiger partial charge in [0, 0.05) is 26.2 Å². The first-order valence-electron chi connectivity index (χ1n) is 8.34. The van der Waals surface area contributed by atoms with Crippen molar-refractivity contribution in [3.63, 3.8) is 0 Å². The molecule has 8 nitrogen and oxygen atoms in total. The third-order valence-electron chi connectivity index (χ3n) is 4.07. The Bertz CT molecular complexity index is 914. The summed E-state index contributed by atoms with van der Waals surface area (Å²) in [5.74, 6) is 1.12. The summed E-state index contributed by atoms with van der Waals surface area (Å²) in [4.78, 5) is 12.5. The SMILES string of the molecule is COc1cc(CNC(=O)c2ccc(S(=O)(=O)N(C)C)cc2)cc(OC)c1OC. The van der Waals surface area contributed by atoms with Crippen LogP contribution in [0.5, 0.6) is 17.2 Å². The molecule has 0 aliphatic heterocycles. The van der Waals surface area contributed by atoms with Crippen molar-refractivity contribution in [1.29, 1.82) is 0 Å². The van der Waals surface area contributed by atoms with Crippen molar-refractivity contribution in [2.45, 2.75) is 11.4 Å². The maximum absolute atomic E-state index is 12.4. The molecule has 0 aliphatic rings. The standard InChI is InChI=1S/C19H24N2O6S/c1-21(2)28(23,24)15-8-6-14(7-9-15)19(22)20-12-13-10-16(25-3)18(27-5)17(11-13)26-4/h6-11H,12H2,1-5H3,(H,20,22). The van der Waals surface area contributed by atoms with E-state index in [4.69, 9.17) is 14.2 Å². The lowest BCUT2D eigenvalue weighted by Gasteiger charge is -2.14. The molecule has 0 aromatic heterocycles. The van der Waals surface area contributed by atoms with E-state index in [0.717, 1.165) is 9.87 Å². The van der Waals surface area contributed by atoms with Gasteiger partial charge < -0.3 is 19.5 Å². The Morgan fingerprint density at radius 3 is 1.93 bits per heavy atom. The molecule has 0 unspecified atom stereocenters. The number of hydrogen-bond donors (Lipinski definition) is 1. The van der Waals surface area contributed by atoms with E-state index in [2.05, 4.69) is 5.32 Å². The zero-order chi connectivity index (χ0) is 20.9. The summed E-state index contributed by atoms with van der Waals surface area (Å²) in [6, 6.07) is 9.25. The van der Waals surface area contributed by atoms with Crippen LogP contribution in [0.1, 0.15) is 15.9 Å². The number of methoxy groups -OCH3 is 3. The molecule has 2 aromatic rings. The predicted molar refractivity (Wildman–Crippen MR) is 105 cm³/mol. The number of nitrogens with zero attached hydrogens (tertiary/aromatic N) is 1. The van der Waals surface area contributed by atoms with E-state index in [1.807, 2.05) is 0 Å². The van der Waals surface area contributed by atoms with Crippen molar-refractivity contribution in [1.82, 2.24) is 9.62 Å². The maximum Gasteiger partial charge on any atom is 0.251 e. The number of benzene rings is 2. The van der Waals surface area contributed by atoms with E-state index in [1.54, 1.807) is 12.1 Å². The predicted octanol–water partition coefficient (Wildman–Crippen LogP) is 1.89. The Morgan fingerprint density at radius 1 is 0.964 bits per heavy atom. The van der Waals surface area contributed by atoms with Crippen molar-refractivity contribution in [3.8, 4) is 17.2 Å². The van der Waals surface area contributed by atoms with Gasteiger partial charge >= 0.3 is 0 Å². The highest BCUT2D eigenvalue weighted by Crippen LogP contribution is 2.38. The van der Waals surface area contributed by atoms with Crippen LogP contribution < -0.4 is 19.5 Å². The lowest BCUT2D eigenvalue weighted by Crippen LogP contribution is -2.24. The van der Waals surface area contributed by atoms with Crippen LogP contribution in [0.3, 0.4) is 0 Å². The minimum atomic E-state index is -3.53. The van der Waals surface area contributed by atoms with Gasteiger partial charge in [-0.2, -0.15) is 0 Å². The number of sulfonamides is 1. The molecule has 152 valence electrons. The van der Waals surface area contributed by atoms with Gasteiger partial charge in [0.2, 0.25) is 15.8 Å². The second kappa shape index (κ2) is 8.94. The first-order valence-corrected chi connectivity index (χ1v) is 9.78. The van der Waals surface area contributed by atoms with E-state index in [1.165, 1.54) is 59.7 Å². The molecule has 0 atom stereocenters. The summed E-state index contributed by atoms with van der Waals surface area (Å²) >= 11 is 0. The van der Waals surface area contributed by atoms with Crippen LogP contribution in [-0.2, 0) is 16.6 Å². The van der Waals surface area contributed by atoms with Gasteiger partial charge in [0.05, 0.1) is 26.2 Å². The highest BCUT2D eigenvalue weighted by molar-refractivity contribution is 7.89.